The first kappa shape index (κ1) is 10.8. The van der Waals surface area contributed by atoms with Crippen LogP contribution in [-0.4, -0.2) is 15.8 Å². The Kier molecular flexibility index (Phi) is 3.01. The van der Waals surface area contributed by atoms with Gasteiger partial charge in [0.05, 0.1) is 5.02 Å². The zero-order valence-electron chi connectivity index (χ0n) is 8.21. The molecular weight excluding hydrogens is 231 g/mol. The molecule has 2 aromatic rings. The maximum absolute atomic E-state index is 12.9. The average Bonchev–Trinajstić information content (AvgIpc) is 2.77. The summed E-state index contributed by atoms with van der Waals surface area (Å²) in [6.07, 6.45) is 3.23. The van der Waals surface area contributed by atoms with E-state index < -0.39 is 5.82 Å². The Balaban J connectivity index is 2.15. The lowest BCUT2D eigenvalue weighted by Gasteiger charge is -2.00. The number of halogens is 2. The topological polar surface area (TPSA) is 45.8 Å². The van der Waals surface area contributed by atoms with Gasteiger partial charge in [0, 0.05) is 18.8 Å². The van der Waals surface area contributed by atoms with Crippen molar-refractivity contribution in [2.24, 2.45) is 0 Å². The van der Waals surface area contributed by atoms with Crippen LogP contribution < -0.4 is 0 Å². The molecule has 0 aliphatic carbocycles. The Morgan fingerprint density at radius 1 is 1.50 bits per heavy atom. The Morgan fingerprint density at radius 2 is 2.31 bits per heavy atom. The minimum Gasteiger partial charge on any atom is -0.342 e. The van der Waals surface area contributed by atoms with Gasteiger partial charge >= 0.3 is 0 Å². The molecule has 16 heavy (non-hydrogen) atoms. The molecule has 82 valence electrons. The van der Waals surface area contributed by atoms with Crippen molar-refractivity contribution in [3.63, 3.8) is 0 Å². The van der Waals surface area contributed by atoms with E-state index in [0.717, 1.165) is 0 Å². The molecule has 2 rings (SSSR count). The summed E-state index contributed by atoms with van der Waals surface area (Å²) < 4.78 is 12.9. The number of benzene rings is 1. The summed E-state index contributed by atoms with van der Waals surface area (Å²) in [4.78, 5) is 18.2. The van der Waals surface area contributed by atoms with Crippen molar-refractivity contribution < 1.29 is 9.18 Å². The van der Waals surface area contributed by atoms with E-state index in [2.05, 4.69) is 9.97 Å². The SMILES string of the molecule is O=C(Cc1ccc(F)c(Cl)c1)c1ncc[nH]1. The van der Waals surface area contributed by atoms with Crippen molar-refractivity contribution in [3.05, 3.63) is 52.8 Å². The van der Waals surface area contributed by atoms with Crippen molar-refractivity contribution in [3.8, 4) is 0 Å². The smallest absolute Gasteiger partial charge is 0.202 e. The number of nitrogens with zero attached hydrogens (tertiary/aromatic N) is 1. The van der Waals surface area contributed by atoms with Crippen molar-refractivity contribution in [2.75, 3.05) is 0 Å². The van der Waals surface area contributed by atoms with Crippen LogP contribution >= 0.6 is 11.6 Å². The number of hydrogen-bond donors (Lipinski definition) is 1. The second-order valence-electron chi connectivity index (χ2n) is 3.29. The molecule has 0 aliphatic rings. The summed E-state index contributed by atoms with van der Waals surface area (Å²) in [5.74, 6) is -0.357. The lowest BCUT2D eigenvalue weighted by atomic mass is 10.1. The highest BCUT2D eigenvalue weighted by atomic mass is 35.5. The molecule has 5 heteroatoms. The number of aromatic amines is 1. The molecule has 3 nitrogen and oxygen atoms in total. The number of imidazole rings is 1. The second-order valence-corrected chi connectivity index (χ2v) is 3.69. The summed E-state index contributed by atoms with van der Waals surface area (Å²) in [6.45, 7) is 0. The highest BCUT2D eigenvalue weighted by Crippen LogP contribution is 2.16. The fourth-order valence-corrected chi connectivity index (χ4v) is 1.54. The second kappa shape index (κ2) is 4.45. The van der Waals surface area contributed by atoms with Crippen LogP contribution in [0.1, 0.15) is 16.2 Å². The normalized spacial score (nSPS) is 10.4. The number of carbonyl (C=O) groups excluding carboxylic acids is 1. The van der Waals surface area contributed by atoms with Crippen molar-refractivity contribution in [2.45, 2.75) is 6.42 Å². The largest absolute Gasteiger partial charge is 0.342 e. The minimum atomic E-state index is -0.490. The van der Waals surface area contributed by atoms with E-state index in [9.17, 15) is 9.18 Å². The molecule has 0 unspecified atom stereocenters. The molecule has 0 fully saturated rings. The van der Waals surface area contributed by atoms with Crippen LogP contribution in [0.3, 0.4) is 0 Å². The molecule has 0 amide bonds. The number of aromatic nitrogens is 2. The Bertz CT molecular complexity index is 511. The van der Waals surface area contributed by atoms with Crippen molar-refractivity contribution in [1.82, 2.24) is 9.97 Å². The van der Waals surface area contributed by atoms with Crippen molar-refractivity contribution >= 4 is 17.4 Å². The van der Waals surface area contributed by atoms with Gasteiger partial charge in [-0.1, -0.05) is 17.7 Å². The standard InChI is InChI=1S/C11H8ClFN2O/c12-8-5-7(1-2-9(8)13)6-10(16)11-14-3-4-15-11/h1-5H,6H2,(H,14,15). The van der Waals surface area contributed by atoms with Crippen LogP contribution in [0.25, 0.3) is 0 Å². The van der Waals surface area contributed by atoms with E-state index in [-0.39, 0.29) is 17.2 Å². The van der Waals surface area contributed by atoms with Crippen LogP contribution in [0.2, 0.25) is 5.02 Å². The maximum Gasteiger partial charge on any atom is 0.202 e. The molecule has 0 aliphatic heterocycles. The number of H-pyrrole nitrogens is 1. The number of nitrogens with one attached hydrogen (secondary N) is 1. The minimum absolute atomic E-state index is 0.0183. The summed E-state index contributed by atoms with van der Waals surface area (Å²) in [5, 5.41) is 0.0183. The van der Waals surface area contributed by atoms with Crippen LogP contribution in [0.15, 0.2) is 30.6 Å². The average molecular weight is 239 g/mol. The van der Waals surface area contributed by atoms with E-state index in [1.807, 2.05) is 0 Å². The molecule has 1 aromatic carbocycles. The highest BCUT2D eigenvalue weighted by molar-refractivity contribution is 6.30. The van der Waals surface area contributed by atoms with Gasteiger partial charge in [-0.15, -0.1) is 0 Å². The van der Waals surface area contributed by atoms with Gasteiger partial charge in [0.1, 0.15) is 5.82 Å². The lowest BCUT2D eigenvalue weighted by Crippen LogP contribution is -2.05. The lowest BCUT2D eigenvalue weighted by molar-refractivity contribution is 0.0984. The third-order valence-electron chi connectivity index (χ3n) is 2.11. The van der Waals surface area contributed by atoms with Gasteiger partial charge in [0.15, 0.2) is 5.82 Å². The first-order valence-electron chi connectivity index (χ1n) is 4.63. The molecule has 0 saturated heterocycles. The summed E-state index contributed by atoms with van der Waals surface area (Å²) in [7, 11) is 0. The summed E-state index contributed by atoms with van der Waals surface area (Å²) >= 11 is 5.61. The highest BCUT2D eigenvalue weighted by Gasteiger charge is 2.10. The van der Waals surface area contributed by atoms with Gasteiger partial charge in [0.2, 0.25) is 5.78 Å². The monoisotopic (exact) mass is 238 g/mol. The zero-order valence-corrected chi connectivity index (χ0v) is 8.96. The van der Waals surface area contributed by atoms with E-state index in [4.69, 9.17) is 11.6 Å². The quantitative estimate of drug-likeness (QED) is 0.836. The number of Topliss-reactive ketones (excluding diaryl/α,β-unsaturated/α-hetero) is 1. The van der Waals surface area contributed by atoms with Crippen molar-refractivity contribution in [1.29, 1.82) is 0 Å². The summed E-state index contributed by atoms with van der Waals surface area (Å²) in [6, 6.07) is 4.22. The molecule has 0 spiro atoms. The third kappa shape index (κ3) is 2.28. The Morgan fingerprint density at radius 3 is 2.94 bits per heavy atom. The number of hydrogen-bond acceptors (Lipinski definition) is 2. The molecule has 0 radical (unpaired) electrons. The number of carbonyl (C=O) groups is 1. The molecule has 0 saturated carbocycles. The van der Waals surface area contributed by atoms with E-state index in [1.54, 1.807) is 6.20 Å². The molecular formula is C11H8ClFN2O. The van der Waals surface area contributed by atoms with Gasteiger partial charge in [-0.3, -0.25) is 4.79 Å². The first-order chi connectivity index (χ1) is 7.66. The number of ketones is 1. The van der Waals surface area contributed by atoms with Gasteiger partial charge in [0.25, 0.3) is 0 Å². The van der Waals surface area contributed by atoms with Gasteiger partial charge in [-0.2, -0.15) is 0 Å². The van der Waals surface area contributed by atoms with E-state index in [1.165, 1.54) is 24.4 Å². The third-order valence-corrected chi connectivity index (χ3v) is 2.40. The van der Waals surface area contributed by atoms with Crippen LogP contribution in [0.4, 0.5) is 4.39 Å². The van der Waals surface area contributed by atoms with Crippen LogP contribution in [0.5, 0.6) is 0 Å². The summed E-state index contributed by atoms with van der Waals surface area (Å²) in [5.41, 5.74) is 0.660. The maximum atomic E-state index is 12.9. The predicted octanol–water partition coefficient (Wildman–Crippen LogP) is 2.63. The van der Waals surface area contributed by atoms with Gasteiger partial charge in [-0.25, -0.2) is 9.37 Å². The fourth-order valence-electron chi connectivity index (χ4n) is 1.34. The fraction of sp³-hybridized carbons (Fsp3) is 0.0909. The molecule has 0 bridgehead atoms. The van der Waals surface area contributed by atoms with E-state index in [0.29, 0.717) is 11.4 Å². The molecule has 1 heterocycles. The number of rotatable bonds is 3. The predicted molar refractivity (Wildman–Crippen MR) is 58.0 cm³/mol. The van der Waals surface area contributed by atoms with Crippen LogP contribution in [0, 0.1) is 5.82 Å². The van der Waals surface area contributed by atoms with Gasteiger partial charge in [-0.05, 0) is 17.7 Å². The molecule has 0 atom stereocenters. The van der Waals surface area contributed by atoms with Crippen LogP contribution in [-0.2, 0) is 6.42 Å². The zero-order chi connectivity index (χ0) is 11.5. The molecule has 1 N–H and O–H groups in total. The first-order valence-corrected chi connectivity index (χ1v) is 5.01. The Labute approximate surface area is 96.3 Å². The molecule has 1 aromatic heterocycles. The Hall–Kier alpha value is -1.68. The van der Waals surface area contributed by atoms with E-state index >= 15 is 0 Å². The van der Waals surface area contributed by atoms with Gasteiger partial charge < -0.3 is 4.98 Å².